The van der Waals surface area contributed by atoms with E-state index in [0.717, 1.165) is 51.6 Å². The molecule has 1 saturated heterocycles. The minimum atomic E-state index is -0.474. The summed E-state index contributed by atoms with van der Waals surface area (Å²) in [6.45, 7) is 8.34. The number of hydrogen-bond acceptors (Lipinski definition) is 3. The van der Waals surface area contributed by atoms with Crippen molar-refractivity contribution in [1.82, 2.24) is 10.2 Å². The maximum absolute atomic E-state index is 12.2. The van der Waals surface area contributed by atoms with Crippen molar-refractivity contribution in [2.24, 2.45) is 5.41 Å². The number of aliphatic hydroxyl groups is 1. The lowest BCUT2D eigenvalue weighted by molar-refractivity contribution is -0.140. The van der Waals surface area contributed by atoms with Gasteiger partial charge in [-0.1, -0.05) is 33.6 Å². The standard InChI is InChI=1S/C16H30N2O2/c1-15(2,3)14(19)18-10-6-13(7-11-18)17-12-16(20)8-4-5-9-16/h13,17,20H,4-12H2,1-3H3. The maximum Gasteiger partial charge on any atom is 0.227 e. The average Bonchev–Trinajstić information content (AvgIpc) is 2.83. The van der Waals surface area contributed by atoms with Gasteiger partial charge in [0.25, 0.3) is 0 Å². The van der Waals surface area contributed by atoms with E-state index in [1.807, 2.05) is 25.7 Å². The van der Waals surface area contributed by atoms with Crippen LogP contribution in [0, 0.1) is 5.41 Å². The molecular weight excluding hydrogens is 252 g/mol. The third kappa shape index (κ3) is 3.95. The SMILES string of the molecule is CC(C)(C)C(=O)N1CCC(NCC2(O)CCCC2)CC1. The van der Waals surface area contributed by atoms with E-state index < -0.39 is 5.60 Å². The average molecular weight is 282 g/mol. The quantitative estimate of drug-likeness (QED) is 0.831. The zero-order chi connectivity index (χ0) is 14.8. The van der Waals surface area contributed by atoms with Gasteiger partial charge in [0.1, 0.15) is 0 Å². The van der Waals surface area contributed by atoms with Crippen LogP contribution in [-0.4, -0.2) is 47.2 Å². The summed E-state index contributed by atoms with van der Waals surface area (Å²) in [5.74, 6) is 0.255. The second-order valence-electron chi connectivity index (χ2n) is 7.63. The van der Waals surface area contributed by atoms with Gasteiger partial charge in [-0.25, -0.2) is 0 Å². The van der Waals surface area contributed by atoms with Crippen molar-refractivity contribution in [3.8, 4) is 0 Å². The van der Waals surface area contributed by atoms with Crippen LogP contribution in [0.5, 0.6) is 0 Å². The Balaban J connectivity index is 1.73. The summed E-state index contributed by atoms with van der Waals surface area (Å²) in [7, 11) is 0. The van der Waals surface area contributed by atoms with Crippen molar-refractivity contribution in [3.63, 3.8) is 0 Å². The summed E-state index contributed by atoms with van der Waals surface area (Å²) in [6, 6.07) is 0.448. The number of nitrogens with one attached hydrogen (secondary N) is 1. The van der Waals surface area contributed by atoms with Gasteiger partial charge in [0.2, 0.25) is 5.91 Å². The van der Waals surface area contributed by atoms with E-state index in [1.165, 1.54) is 0 Å². The number of nitrogens with zero attached hydrogens (tertiary/aromatic N) is 1. The van der Waals surface area contributed by atoms with Gasteiger partial charge in [0.15, 0.2) is 0 Å². The van der Waals surface area contributed by atoms with Gasteiger partial charge in [0.05, 0.1) is 5.60 Å². The highest BCUT2D eigenvalue weighted by Gasteiger charge is 2.33. The molecule has 0 aromatic carbocycles. The molecule has 0 radical (unpaired) electrons. The van der Waals surface area contributed by atoms with E-state index >= 15 is 0 Å². The van der Waals surface area contributed by atoms with Gasteiger partial charge in [-0.3, -0.25) is 4.79 Å². The molecule has 20 heavy (non-hydrogen) atoms. The molecule has 0 aromatic heterocycles. The minimum absolute atomic E-state index is 0.255. The number of amides is 1. The molecule has 1 heterocycles. The van der Waals surface area contributed by atoms with Crippen molar-refractivity contribution in [1.29, 1.82) is 0 Å². The fraction of sp³-hybridized carbons (Fsp3) is 0.938. The van der Waals surface area contributed by atoms with Gasteiger partial charge >= 0.3 is 0 Å². The fourth-order valence-electron chi connectivity index (χ4n) is 3.31. The lowest BCUT2D eigenvalue weighted by Gasteiger charge is -2.37. The molecule has 1 amide bonds. The third-order valence-electron chi connectivity index (χ3n) is 4.68. The first-order valence-electron chi connectivity index (χ1n) is 8.05. The van der Waals surface area contributed by atoms with E-state index in [9.17, 15) is 9.90 Å². The first kappa shape index (κ1) is 15.8. The molecule has 4 heteroatoms. The zero-order valence-corrected chi connectivity index (χ0v) is 13.2. The van der Waals surface area contributed by atoms with E-state index in [1.54, 1.807) is 0 Å². The predicted octanol–water partition coefficient (Wildman–Crippen LogP) is 1.92. The number of rotatable bonds is 3. The first-order chi connectivity index (χ1) is 9.30. The maximum atomic E-state index is 12.2. The lowest BCUT2D eigenvalue weighted by Crippen LogP contribution is -2.50. The highest BCUT2D eigenvalue weighted by atomic mass is 16.3. The van der Waals surface area contributed by atoms with E-state index in [-0.39, 0.29) is 11.3 Å². The smallest absolute Gasteiger partial charge is 0.227 e. The molecule has 4 nitrogen and oxygen atoms in total. The van der Waals surface area contributed by atoms with Crippen molar-refractivity contribution < 1.29 is 9.90 Å². The molecule has 2 aliphatic rings. The Bertz CT molecular complexity index is 335. The third-order valence-corrected chi connectivity index (χ3v) is 4.68. The van der Waals surface area contributed by atoms with E-state index in [4.69, 9.17) is 0 Å². The van der Waals surface area contributed by atoms with Crippen LogP contribution >= 0.6 is 0 Å². The second-order valence-corrected chi connectivity index (χ2v) is 7.63. The number of piperidine rings is 1. The van der Waals surface area contributed by atoms with Crippen molar-refractivity contribution in [3.05, 3.63) is 0 Å². The Labute approximate surface area is 122 Å². The summed E-state index contributed by atoms with van der Waals surface area (Å²) >= 11 is 0. The van der Waals surface area contributed by atoms with Crippen molar-refractivity contribution in [2.45, 2.75) is 70.9 Å². The van der Waals surface area contributed by atoms with Crippen LogP contribution in [0.4, 0.5) is 0 Å². The minimum Gasteiger partial charge on any atom is -0.389 e. The van der Waals surface area contributed by atoms with Crippen LogP contribution in [0.1, 0.15) is 59.3 Å². The van der Waals surface area contributed by atoms with Crippen LogP contribution in [-0.2, 0) is 4.79 Å². The molecule has 1 saturated carbocycles. The van der Waals surface area contributed by atoms with Crippen LogP contribution in [0.25, 0.3) is 0 Å². The number of carbonyl (C=O) groups is 1. The van der Waals surface area contributed by atoms with Crippen LogP contribution in [0.15, 0.2) is 0 Å². The van der Waals surface area contributed by atoms with Crippen LogP contribution < -0.4 is 5.32 Å². The molecule has 1 aliphatic carbocycles. The summed E-state index contributed by atoms with van der Waals surface area (Å²) in [6.07, 6.45) is 6.16. The van der Waals surface area contributed by atoms with Gasteiger partial charge in [0, 0.05) is 31.1 Å². The van der Waals surface area contributed by atoms with Crippen LogP contribution in [0.3, 0.4) is 0 Å². The van der Waals surface area contributed by atoms with Gasteiger partial charge in [-0.2, -0.15) is 0 Å². The van der Waals surface area contributed by atoms with E-state index in [0.29, 0.717) is 12.6 Å². The Hall–Kier alpha value is -0.610. The number of likely N-dealkylation sites (tertiary alicyclic amines) is 1. The summed E-state index contributed by atoms with van der Waals surface area (Å²) in [5, 5.41) is 13.9. The first-order valence-corrected chi connectivity index (χ1v) is 8.05. The number of carbonyl (C=O) groups excluding carboxylic acids is 1. The Kier molecular flexibility index (Phi) is 4.75. The second kappa shape index (κ2) is 6.02. The summed E-state index contributed by atoms with van der Waals surface area (Å²) in [4.78, 5) is 14.2. The Morgan fingerprint density at radius 3 is 2.30 bits per heavy atom. The zero-order valence-electron chi connectivity index (χ0n) is 13.2. The molecular formula is C16H30N2O2. The molecule has 0 atom stereocenters. The molecule has 0 spiro atoms. The monoisotopic (exact) mass is 282 g/mol. The Morgan fingerprint density at radius 1 is 1.25 bits per heavy atom. The van der Waals surface area contributed by atoms with Crippen molar-refractivity contribution >= 4 is 5.91 Å². The normalized spacial score (nSPS) is 24.1. The molecule has 116 valence electrons. The fourth-order valence-corrected chi connectivity index (χ4v) is 3.31. The molecule has 2 fully saturated rings. The predicted molar refractivity (Wildman–Crippen MR) is 80.5 cm³/mol. The summed E-state index contributed by atoms with van der Waals surface area (Å²) in [5.41, 5.74) is -0.752. The van der Waals surface area contributed by atoms with Crippen LogP contribution in [0.2, 0.25) is 0 Å². The lowest BCUT2D eigenvalue weighted by atomic mass is 9.92. The summed E-state index contributed by atoms with van der Waals surface area (Å²) < 4.78 is 0. The molecule has 1 aliphatic heterocycles. The highest BCUT2D eigenvalue weighted by molar-refractivity contribution is 5.81. The van der Waals surface area contributed by atoms with Crippen molar-refractivity contribution in [2.75, 3.05) is 19.6 Å². The number of hydrogen-bond donors (Lipinski definition) is 2. The van der Waals surface area contributed by atoms with Gasteiger partial charge in [-0.15, -0.1) is 0 Å². The molecule has 2 rings (SSSR count). The van der Waals surface area contributed by atoms with Gasteiger partial charge in [-0.05, 0) is 25.7 Å². The molecule has 0 bridgehead atoms. The van der Waals surface area contributed by atoms with E-state index in [2.05, 4.69) is 5.32 Å². The Morgan fingerprint density at radius 2 is 1.80 bits per heavy atom. The molecule has 0 unspecified atom stereocenters. The molecule has 0 aromatic rings. The highest BCUT2D eigenvalue weighted by Crippen LogP contribution is 2.29. The largest absolute Gasteiger partial charge is 0.389 e. The molecule has 2 N–H and O–H groups in total. The van der Waals surface area contributed by atoms with Gasteiger partial charge < -0.3 is 15.3 Å². The topological polar surface area (TPSA) is 52.6 Å².